The van der Waals surface area contributed by atoms with Crippen LogP contribution in [-0.4, -0.2) is 30.6 Å². The van der Waals surface area contributed by atoms with Crippen LogP contribution < -0.4 is 5.32 Å². The third-order valence-corrected chi connectivity index (χ3v) is 4.06. The third kappa shape index (κ3) is 2.79. The molecule has 0 atom stereocenters. The molecule has 9 heteroatoms. The third-order valence-electron chi connectivity index (χ3n) is 3.16. The number of furan rings is 1. The van der Waals surface area contributed by atoms with Crippen LogP contribution >= 0.6 is 11.3 Å². The van der Waals surface area contributed by atoms with Gasteiger partial charge in [-0.2, -0.15) is 5.10 Å². The molecule has 0 fully saturated rings. The number of hydrogen-bond acceptors (Lipinski definition) is 7. The number of hydrogen-bond donors (Lipinski definition) is 1. The first-order chi connectivity index (χ1) is 11.8. The Bertz CT molecular complexity index is 944. The number of pyridine rings is 1. The van der Waals surface area contributed by atoms with Gasteiger partial charge in [0, 0.05) is 10.9 Å². The van der Waals surface area contributed by atoms with Gasteiger partial charge < -0.3 is 9.73 Å². The lowest BCUT2D eigenvalue weighted by molar-refractivity contribution is 0.102. The Labute approximate surface area is 139 Å². The minimum atomic E-state index is -0.295. The molecule has 4 aromatic rings. The summed E-state index contributed by atoms with van der Waals surface area (Å²) >= 11 is 1.38. The zero-order valence-corrected chi connectivity index (χ0v) is 13.0. The summed E-state index contributed by atoms with van der Waals surface area (Å²) in [7, 11) is 0. The normalized spacial score (nSPS) is 10.7. The van der Waals surface area contributed by atoms with Crippen LogP contribution in [0.2, 0.25) is 0 Å². The molecule has 4 aromatic heterocycles. The number of nitrogens with zero attached hydrogens (tertiary/aromatic N) is 5. The summed E-state index contributed by atoms with van der Waals surface area (Å²) in [6.07, 6.45) is 7.69. The highest BCUT2D eigenvalue weighted by Crippen LogP contribution is 2.24. The van der Waals surface area contributed by atoms with E-state index in [9.17, 15) is 4.79 Å². The number of nitrogens with one attached hydrogen (secondary N) is 1. The van der Waals surface area contributed by atoms with Gasteiger partial charge >= 0.3 is 0 Å². The van der Waals surface area contributed by atoms with Gasteiger partial charge in [0.15, 0.2) is 5.82 Å². The van der Waals surface area contributed by atoms with E-state index in [1.165, 1.54) is 22.3 Å². The van der Waals surface area contributed by atoms with Crippen molar-refractivity contribution >= 4 is 22.9 Å². The Balaban J connectivity index is 1.48. The molecule has 0 unspecified atom stereocenters. The molecule has 1 N–H and O–H groups in total. The van der Waals surface area contributed by atoms with Crippen molar-refractivity contribution in [3.63, 3.8) is 0 Å². The van der Waals surface area contributed by atoms with E-state index in [2.05, 4.69) is 25.4 Å². The minimum Gasteiger partial charge on any atom is -0.472 e. The Hall–Kier alpha value is -3.33. The zero-order valence-electron chi connectivity index (χ0n) is 12.2. The Morgan fingerprint density at radius 1 is 1.29 bits per heavy atom. The summed E-state index contributed by atoms with van der Waals surface area (Å²) in [5, 5.41) is 9.19. The highest BCUT2D eigenvalue weighted by molar-refractivity contribution is 7.13. The van der Waals surface area contributed by atoms with Crippen LogP contribution in [0.5, 0.6) is 0 Å². The molecule has 1 amide bonds. The number of anilines is 1. The molecule has 0 aliphatic rings. The molecule has 0 aromatic carbocycles. The molecule has 24 heavy (non-hydrogen) atoms. The highest BCUT2D eigenvalue weighted by atomic mass is 32.1. The van der Waals surface area contributed by atoms with Gasteiger partial charge in [-0.05, 0) is 18.2 Å². The fourth-order valence-corrected chi connectivity index (χ4v) is 2.80. The summed E-state index contributed by atoms with van der Waals surface area (Å²) in [5.41, 5.74) is 1.76. The van der Waals surface area contributed by atoms with Crippen molar-refractivity contribution in [3.8, 4) is 16.4 Å². The fourth-order valence-electron chi connectivity index (χ4n) is 2.01. The first-order valence-corrected chi connectivity index (χ1v) is 7.78. The quantitative estimate of drug-likeness (QED) is 0.614. The molecule has 0 bridgehead atoms. The Morgan fingerprint density at radius 3 is 2.96 bits per heavy atom. The zero-order chi connectivity index (χ0) is 16.4. The molecule has 0 saturated carbocycles. The van der Waals surface area contributed by atoms with Gasteiger partial charge in [-0.1, -0.05) is 0 Å². The van der Waals surface area contributed by atoms with Crippen LogP contribution in [0.4, 0.5) is 5.69 Å². The smallest absolute Gasteiger partial charge is 0.275 e. The summed E-state index contributed by atoms with van der Waals surface area (Å²) in [6.45, 7) is 0. The van der Waals surface area contributed by atoms with Gasteiger partial charge in [0.25, 0.3) is 5.91 Å². The lowest BCUT2D eigenvalue weighted by Crippen LogP contribution is -2.12. The van der Waals surface area contributed by atoms with Crippen LogP contribution in [0, 0.1) is 0 Å². The number of rotatable bonds is 4. The predicted octanol–water partition coefficient (Wildman–Crippen LogP) is 2.63. The fraction of sp³-hybridized carbons (Fsp3) is 0. The van der Waals surface area contributed by atoms with Crippen LogP contribution in [0.3, 0.4) is 0 Å². The van der Waals surface area contributed by atoms with Crippen molar-refractivity contribution in [2.24, 2.45) is 0 Å². The second kappa shape index (κ2) is 6.05. The SMILES string of the molecule is O=C(Nc1ccc(-n2cncn2)nc1)c1csc(-c2ccoc2)n1. The Kier molecular flexibility index (Phi) is 3.60. The molecule has 4 heterocycles. The van der Waals surface area contributed by atoms with Crippen LogP contribution in [0.1, 0.15) is 10.5 Å². The van der Waals surface area contributed by atoms with Crippen molar-refractivity contribution in [1.29, 1.82) is 0 Å². The van der Waals surface area contributed by atoms with E-state index in [1.807, 2.05) is 0 Å². The summed E-state index contributed by atoms with van der Waals surface area (Å²) in [5.74, 6) is 0.317. The molecular weight excluding hydrogens is 328 g/mol. The second-order valence-electron chi connectivity index (χ2n) is 4.75. The number of amides is 1. The summed E-state index contributed by atoms with van der Waals surface area (Å²) < 4.78 is 6.55. The van der Waals surface area contributed by atoms with Crippen molar-refractivity contribution in [2.45, 2.75) is 0 Å². The standard InChI is InChI=1S/C15H10N6O2S/c22-14(12-7-24-15(20-12)10-3-4-23-6-10)19-11-1-2-13(17-5-11)21-9-16-8-18-21/h1-9H,(H,19,22). The summed E-state index contributed by atoms with van der Waals surface area (Å²) in [6, 6.07) is 5.28. The maximum atomic E-state index is 12.3. The maximum absolute atomic E-state index is 12.3. The first kappa shape index (κ1) is 14.3. The van der Waals surface area contributed by atoms with E-state index in [-0.39, 0.29) is 5.91 Å². The predicted molar refractivity (Wildman–Crippen MR) is 86.9 cm³/mol. The monoisotopic (exact) mass is 338 g/mol. The van der Waals surface area contributed by atoms with Crippen molar-refractivity contribution in [2.75, 3.05) is 5.32 Å². The minimum absolute atomic E-state index is 0.295. The number of carbonyl (C=O) groups excluding carboxylic acids is 1. The lowest BCUT2D eigenvalue weighted by atomic mass is 10.3. The van der Waals surface area contributed by atoms with Gasteiger partial charge in [-0.25, -0.2) is 19.6 Å². The van der Waals surface area contributed by atoms with Gasteiger partial charge in [0.2, 0.25) is 0 Å². The lowest BCUT2D eigenvalue weighted by Gasteiger charge is -2.04. The molecule has 4 rings (SSSR count). The van der Waals surface area contributed by atoms with E-state index in [0.717, 1.165) is 10.6 Å². The van der Waals surface area contributed by atoms with Gasteiger partial charge in [0.05, 0.1) is 18.1 Å². The summed E-state index contributed by atoms with van der Waals surface area (Å²) in [4.78, 5) is 24.7. The first-order valence-electron chi connectivity index (χ1n) is 6.90. The maximum Gasteiger partial charge on any atom is 0.275 e. The molecule has 8 nitrogen and oxygen atoms in total. The van der Waals surface area contributed by atoms with E-state index in [1.54, 1.807) is 48.6 Å². The molecular formula is C15H10N6O2S. The molecule has 118 valence electrons. The van der Waals surface area contributed by atoms with Crippen molar-refractivity contribution in [3.05, 3.63) is 60.7 Å². The average molecular weight is 338 g/mol. The van der Waals surface area contributed by atoms with Gasteiger partial charge in [-0.15, -0.1) is 11.3 Å². The molecule has 0 saturated heterocycles. The molecule has 0 aliphatic carbocycles. The van der Waals surface area contributed by atoms with E-state index < -0.39 is 0 Å². The van der Waals surface area contributed by atoms with Gasteiger partial charge in [0.1, 0.15) is 29.6 Å². The number of thiazole rings is 1. The van der Waals surface area contributed by atoms with E-state index >= 15 is 0 Å². The number of carbonyl (C=O) groups is 1. The highest BCUT2D eigenvalue weighted by Gasteiger charge is 2.13. The van der Waals surface area contributed by atoms with Crippen LogP contribution in [-0.2, 0) is 0 Å². The molecule has 0 spiro atoms. The van der Waals surface area contributed by atoms with Crippen LogP contribution in [0.25, 0.3) is 16.4 Å². The van der Waals surface area contributed by atoms with Crippen molar-refractivity contribution in [1.82, 2.24) is 24.7 Å². The largest absolute Gasteiger partial charge is 0.472 e. The van der Waals surface area contributed by atoms with Crippen LogP contribution in [0.15, 0.2) is 59.4 Å². The second-order valence-corrected chi connectivity index (χ2v) is 5.61. The topological polar surface area (TPSA) is 98.7 Å². The Morgan fingerprint density at radius 2 is 2.25 bits per heavy atom. The van der Waals surface area contributed by atoms with E-state index in [0.29, 0.717) is 17.2 Å². The molecule has 0 radical (unpaired) electrons. The van der Waals surface area contributed by atoms with E-state index in [4.69, 9.17) is 4.42 Å². The number of aromatic nitrogens is 5. The molecule has 0 aliphatic heterocycles. The van der Waals surface area contributed by atoms with Crippen molar-refractivity contribution < 1.29 is 9.21 Å². The average Bonchev–Trinajstić information content (AvgIpc) is 3.35. The van der Waals surface area contributed by atoms with Gasteiger partial charge in [-0.3, -0.25) is 4.79 Å².